The van der Waals surface area contributed by atoms with E-state index >= 15 is 0 Å². The van der Waals surface area contributed by atoms with Crippen LogP contribution in [0.3, 0.4) is 0 Å². The molecule has 0 spiro atoms. The highest BCUT2D eigenvalue weighted by Gasteiger charge is 2.38. The van der Waals surface area contributed by atoms with Gasteiger partial charge in [-0.15, -0.1) is 0 Å². The average Bonchev–Trinajstić information content (AvgIpc) is 1.83. The van der Waals surface area contributed by atoms with Crippen molar-refractivity contribution in [2.24, 2.45) is 0 Å². The highest BCUT2D eigenvalue weighted by Crippen LogP contribution is 2.24. The second-order valence-corrected chi connectivity index (χ2v) is 3.28. The van der Waals surface area contributed by atoms with Crippen LogP contribution in [0.15, 0.2) is 0 Å². The van der Waals surface area contributed by atoms with Gasteiger partial charge in [0.05, 0.1) is 5.60 Å². The van der Waals surface area contributed by atoms with E-state index < -0.39 is 0 Å². The van der Waals surface area contributed by atoms with Gasteiger partial charge in [0.1, 0.15) is 0 Å². The first-order chi connectivity index (χ1) is 4.70. The van der Waals surface area contributed by atoms with Crippen molar-refractivity contribution in [2.45, 2.75) is 32.3 Å². The molecular weight excluding hydrogens is 126 g/mol. The lowest BCUT2D eigenvalue weighted by Gasteiger charge is -2.46. The molecule has 60 valence electrons. The Morgan fingerprint density at radius 1 is 1.40 bits per heavy atom. The van der Waals surface area contributed by atoms with E-state index in [0.29, 0.717) is 0 Å². The first kappa shape index (κ1) is 8.02. The number of hydrogen-bond donors (Lipinski definition) is 1. The molecule has 1 saturated heterocycles. The van der Waals surface area contributed by atoms with E-state index in [1.165, 1.54) is 0 Å². The minimum atomic E-state index is -0.329. The zero-order chi connectivity index (χ0) is 7.61. The standard InChI is InChI=1S/C8H17NO/c1-3-5-8(10)6-9(4-2)7-8/h10H,3-7H2,1-2H3. The lowest BCUT2D eigenvalue weighted by Crippen LogP contribution is -2.61. The van der Waals surface area contributed by atoms with Crippen molar-refractivity contribution in [3.63, 3.8) is 0 Å². The average molecular weight is 143 g/mol. The molecule has 0 radical (unpaired) electrons. The van der Waals surface area contributed by atoms with Crippen LogP contribution in [0.2, 0.25) is 0 Å². The Bertz CT molecular complexity index is 108. The fraction of sp³-hybridized carbons (Fsp3) is 1.00. The summed E-state index contributed by atoms with van der Waals surface area (Å²) < 4.78 is 0. The van der Waals surface area contributed by atoms with Crippen molar-refractivity contribution < 1.29 is 5.11 Å². The molecule has 0 atom stereocenters. The molecule has 0 bridgehead atoms. The van der Waals surface area contributed by atoms with Crippen LogP contribution < -0.4 is 0 Å². The number of β-amino-alcohol motifs (C(OH)–C–C–N with tert-alkyl or cyclic N) is 1. The monoisotopic (exact) mass is 143 g/mol. The third-order valence-corrected chi connectivity index (χ3v) is 2.20. The Morgan fingerprint density at radius 2 is 2.00 bits per heavy atom. The molecule has 1 aliphatic rings. The van der Waals surface area contributed by atoms with E-state index in [4.69, 9.17) is 0 Å². The zero-order valence-electron chi connectivity index (χ0n) is 6.93. The van der Waals surface area contributed by atoms with Gasteiger partial charge < -0.3 is 5.11 Å². The predicted molar refractivity (Wildman–Crippen MR) is 42.0 cm³/mol. The van der Waals surface area contributed by atoms with Crippen molar-refractivity contribution in [1.82, 2.24) is 4.90 Å². The van der Waals surface area contributed by atoms with E-state index in [1.807, 2.05) is 0 Å². The van der Waals surface area contributed by atoms with Crippen molar-refractivity contribution in [3.05, 3.63) is 0 Å². The summed E-state index contributed by atoms with van der Waals surface area (Å²) in [5.41, 5.74) is -0.329. The maximum atomic E-state index is 9.67. The van der Waals surface area contributed by atoms with E-state index in [-0.39, 0.29) is 5.60 Å². The number of likely N-dealkylation sites (tertiary alicyclic amines) is 1. The second kappa shape index (κ2) is 2.89. The summed E-state index contributed by atoms with van der Waals surface area (Å²) in [5, 5.41) is 9.67. The lowest BCUT2D eigenvalue weighted by atomic mass is 9.89. The Kier molecular flexibility index (Phi) is 2.32. The molecular formula is C8H17NO. The molecule has 0 saturated carbocycles. The summed E-state index contributed by atoms with van der Waals surface area (Å²) in [6, 6.07) is 0. The molecule has 10 heavy (non-hydrogen) atoms. The third kappa shape index (κ3) is 1.50. The van der Waals surface area contributed by atoms with Crippen LogP contribution in [0.25, 0.3) is 0 Å². The smallest absolute Gasteiger partial charge is 0.0900 e. The lowest BCUT2D eigenvalue weighted by molar-refractivity contribution is -0.100. The molecule has 0 aromatic heterocycles. The van der Waals surface area contributed by atoms with Gasteiger partial charge in [0, 0.05) is 13.1 Å². The van der Waals surface area contributed by atoms with Crippen LogP contribution in [0.4, 0.5) is 0 Å². The van der Waals surface area contributed by atoms with Gasteiger partial charge in [0.2, 0.25) is 0 Å². The van der Waals surface area contributed by atoms with Crippen LogP contribution in [0.1, 0.15) is 26.7 Å². The third-order valence-electron chi connectivity index (χ3n) is 2.20. The molecule has 2 heteroatoms. The van der Waals surface area contributed by atoms with Crippen LogP contribution in [-0.2, 0) is 0 Å². The highest BCUT2D eigenvalue weighted by molar-refractivity contribution is 4.94. The quantitative estimate of drug-likeness (QED) is 0.633. The number of likely N-dealkylation sites (N-methyl/N-ethyl adjacent to an activating group) is 1. The molecule has 0 aliphatic carbocycles. The summed E-state index contributed by atoms with van der Waals surface area (Å²) >= 11 is 0. The number of nitrogens with zero attached hydrogens (tertiary/aromatic N) is 1. The van der Waals surface area contributed by atoms with Gasteiger partial charge in [-0.05, 0) is 13.0 Å². The Morgan fingerprint density at radius 3 is 2.40 bits per heavy atom. The SMILES string of the molecule is CCCC1(O)CN(CC)C1. The van der Waals surface area contributed by atoms with E-state index in [2.05, 4.69) is 18.7 Å². The predicted octanol–water partition coefficient (Wildman–Crippen LogP) is 0.853. The number of aliphatic hydroxyl groups is 1. The van der Waals surface area contributed by atoms with Gasteiger partial charge in [0.15, 0.2) is 0 Å². The molecule has 0 unspecified atom stereocenters. The van der Waals surface area contributed by atoms with Gasteiger partial charge in [0.25, 0.3) is 0 Å². The largest absolute Gasteiger partial charge is 0.387 e. The topological polar surface area (TPSA) is 23.5 Å². The first-order valence-electron chi connectivity index (χ1n) is 4.15. The van der Waals surface area contributed by atoms with Gasteiger partial charge in [-0.3, -0.25) is 4.90 Å². The Hall–Kier alpha value is -0.0800. The molecule has 1 fully saturated rings. The van der Waals surface area contributed by atoms with Gasteiger partial charge in [-0.2, -0.15) is 0 Å². The molecule has 1 aliphatic heterocycles. The maximum Gasteiger partial charge on any atom is 0.0900 e. The molecule has 0 aromatic rings. The summed E-state index contributed by atoms with van der Waals surface area (Å²) in [6.07, 6.45) is 2.05. The second-order valence-electron chi connectivity index (χ2n) is 3.28. The van der Waals surface area contributed by atoms with Crippen molar-refractivity contribution in [1.29, 1.82) is 0 Å². The fourth-order valence-corrected chi connectivity index (χ4v) is 1.63. The summed E-state index contributed by atoms with van der Waals surface area (Å²) in [6.45, 7) is 7.10. The molecule has 1 N–H and O–H groups in total. The van der Waals surface area contributed by atoms with Crippen LogP contribution in [0, 0.1) is 0 Å². The minimum Gasteiger partial charge on any atom is -0.387 e. The van der Waals surface area contributed by atoms with Crippen molar-refractivity contribution >= 4 is 0 Å². The Balaban J connectivity index is 2.20. The fourth-order valence-electron chi connectivity index (χ4n) is 1.63. The van der Waals surface area contributed by atoms with Gasteiger partial charge >= 0.3 is 0 Å². The highest BCUT2D eigenvalue weighted by atomic mass is 16.3. The van der Waals surface area contributed by atoms with E-state index in [0.717, 1.165) is 32.5 Å². The van der Waals surface area contributed by atoms with Crippen molar-refractivity contribution in [2.75, 3.05) is 19.6 Å². The Labute approximate surface area is 62.8 Å². The maximum absolute atomic E-state index is 9.67. The minimum absolute atomic E-state index is 0.329. The summed E-state index contributed by atoms with van der Waals surface area (Å²) in [7, 11) is 0. The normalized spacial score (nSPS) is 24.3. The van der Waals surface area contributed by atoms with Crippen LogP contribution >= 0.6 is 0 Å². The van der Waals surface area contributed by atoms with Gasteiger partial charge in [-0.1, -0.05) is 20.3 Å². The van der Waals surface area contributed by atoms with Crippen LogP contribution in [-0.4, -0.2) is 35.2 Å². The van der Waals surface area contributed by atoms with Crippen molar-refractivity contribution in [3.8, 4) is 0 Å². The molecule has 0 amide bonds. The summed E-state index contributed by atoms with van der Waals surface area (Å²) in [4.78, 5) is 2.26. The molecule has 0 aromatic carbocycles. The molecule has 1 rings (SSSR count). The molecule has 2 nitrogen and oxygen atoms in total. The van der Waals surface area contributed by atoms with Gasteiger partial charge in [-0.25, -0.2) is 0 Å². The number of rotatable bonds is 3. The van der Waals surface area contributed by atoms with Crippen LogP contribution in [0.5, 0.6) is 0 Å². The first-order valence-corrected chi connectivity index (χ1v) is 4.15. The summed E-state index contributed by atoms with van der Waals surface area (Å²) in [5.74, 6) is 0. The zero-order valence-corrected chi connectivity index (χ0v) is 6.93. The molecule has 1 heterocycles. The number of hydrogen-bond acceptors (Lipinski definition) is 2. The van der Waals surface area contributed by atoms with E-state index in [9.17, 15) is 5.11 Å². The van der Waals surface area contributed by atoms with E-state index in [1.54, 1.807) is 0 Å².